The smallest absolute Gasteiger partial charge is 0.309 e. The number of carboxylic acids is 1. The molecular formula is C16H20ClNO3. The molecule has 1 aliphatic heterocycles. The molecule has 1 aliphatic rings. The Labute approximate surface area is 129 Å². The molecule has 0 bridgehead atoms. The van der Waals surface area contributed by atoms with Crippen LogP contribution in [0.2, 0.25) is 5.02 Å². The van der Waals surface area contributed by atoms with Gasteiger partial charge in [-0.15, -0.1) is 0 Å². The molecule has 0 aromatic heterocycles. The van der Waals surface area contributed by atoms with Crippen LogP contribution in [0.4, 0.5) is 0 Å². The second-order valence-corrected chi connectivity index (χ2v) is 6.47. The first-order chi connectivity index (χ1) is 9.81. The summed E-state index contributed by atoms with van der Waals surface area (Å²) in [5.74, 6) is -1.42. The maximum atomic E-state index is 12.2. The average Bonchev–Trinajstić information content (AvgIpc) is 2.67. The maximum absolute atomic E-state index is 12.2. The van der Waals surface area contributed by atoms with Gasteiger partial charge in [0.05, 0.1) is 12.0 Å². The summed E-state index contributed by atoms with van der Waals surface area (Å²) >= 11 is 5.98. The first-order valence-corrected chi connectivity index (χ1v) is 7.47. The molecule has 0 radical (unpaired) electrons. The molecule has 0 aliphatic carbocycles. The molecule has 5 heteroatoms. The number of aryl methyl sites for hydroxylation is 1. The van der Waals surface area contributed by atoms with Crippen LogP contribution in [0.1, 0.15) is 37.4 Å². The number of carbonyl (C=O) groups is 2. The third kappa shape index (κ3) is 3.21. The van der Waals surface area contributed by atoms with Gasteiger partial charge < -0.3 is 10.0 Å². The number of halogens is 1. The highest BCUT2D eigenvalue weighted by Crippen LogP contribution is 2.40. The predicted molar refractivity (Wildman–Crippen MR) is 81.2 cm³/mol. The number of aliphatic carboxylic acids is 1. The van der Waals surface area contributed by atoms with Crippen LogP contribution in [0, 0.1) is 18.8 Å². The highest BCUT2D eigenvalue weighted by Gasteiger charge is 2.45. The summed E-state index contributed by atoms with van der Waals surface area (Å²) < 4.78 is 0. The van der Waals surface area contributed by atoms with Gasteiger partial charge in [-0.2, -0.15) is 0 Å². The Hall–Kier alpha value is -1.55. The summed E-state index contributed by atoms with van der Waals surface area (Å²) in [6.07, 6.45) is 0.0643. The van der Waals surface area contributed by atoms with Gasteiger partial charge in [0.2, 0.25) is 5.91 Å². The zero-order valence-corrected chi connectivity index (χ0v) is 13.2. The van der Waals surface area contributed by atoms with Gasteiger partial charge in [0.1, 0.15) is 0 Å². The predicted octanol–water partition coefficient (Wildman–Crippen LogP) is 3.28. The van der Waals surface area contributed by atoms with E-state index in [1.165, 1.54) is 0 Å². The molecule has 2 atom stereocenters. The van der Waals surface area contributed by atoms with E-state index in [1.807, 2.05) is 32.9 Å². The van der Waals surface area contributed by atoms with E-state index in [-0.39, 0.29) is 18.2 Å². The van der Waals surface area contributed by atoms with E-state index in [0.717, 1.165) is 11.1 Å². The Morgan fingerprint density at radius 3 is 2.67 bits per heavy atom. The molecule has 0 spiro atoms. The van der Waals surface area contributed by atoms with Crippen LogP contribution in [0.5, 0.6) is 0 Å². The third-order valence-corrected chi connectivity index (χ3v) is 4.10. The number of likely N-dealkylation sites (tertiary alicyclic amines) is 1. The Kier molecular flexibility index (Phi) is 4.57. The standard InChI is InChI=1S/C16H20ClNO3/c1-9(2)8-18-14(19)7-13(16(20)21)15(18)12-5-4-11(17)6-10(12)3/h4-6,9,13,15H,7-8H2,1-3H3,(H,20,21). The topological polar surface area (TPSA) is 57.6 Å². The fraction of sp³-hybridized carbons (Fsp3) is 0.500. The minimum Gasteiger partial charge on any atom is -0.481 e. The number of amides is 1. The maximum Gasteiger partial charge on any atom is 0.309 e. The normalized spacial score (nSPS) is 22.1. The van der Waals surface area contributed by atoms with Crippen molar-refractivity contribution in [1.82, 2.24) is 4.90 Å². The number of carboxylic acid groups (broad SMARTS) is 1. The van der Waals surface area contributed by atoms with E-state index in [9.17, 15) is 14.7 Å². The molecule has 1 amide bonds. The minimum atomic E-state index is -0.922. The van der Waals surface area contributed by atoms with Gasteiger partial charge in [-0.3, -0.25) is 9.59 Å². The van der Waals surface area contributed by atoms with Crippen LogP contribution in [-0.4, -0.2) is 28.4 Å². The average molecular weight is 310 g/mol. The summed E-state index contributed by atoms with van der Waals surface area (Å²) in [6, 6.07) is 4.99. The summed E-state index contributed by atoms with van der Waals surface area (Å²) in [7, 11) is 0. The zero-order valence-electron chi connectivity index (χ0n) is 12.5. The molecule has 1 aromatic carbocycles. The Morgan fingerprint density at radius 2 is 2.14 bits per heavy atom. The molecule has 1 heterocycles. The molecule has 0 saturated carbocycles. The van der Waals surface area contributed by atoms with Crippen LogP contribution < -0.4 is 0 Å². The highest BCUT2D eigenvalue weighted by molar-refractivity contribution is 6.30. The number of hydrogen-bond donors (Lipinski definition) is 1. The number of carbonyl (C=O) groups excluding carboxylic acids is 1. The summed E-state index contributed by atoms with van der Waals surface area (Å²) in [6.45, 7) is 6.51. The summed E-state index contributed by atoms with van der Waals surface area (Å²) in [5.41, 5.74) is 1.79. The van der Waals surface area contributed by atoms with Crippen molar-refractivity contribution in [2.45, 2.75) is 33.2 Å². The first kappa shape index (κ1) is 15.8. The fourth-order valence-corrected chi connectivity index (χ4v) is 3.20. The highest BCUT2D eigenvalue weighted by atomic mass is 35.5. The molecule has 1 saturated heterocycles. The van der Waals surface area contributed by atoms with Crippen LogP contribution in [0.25, 0.3) is 0 Å². The van der Waals surface area contributed by atoms with Gasteiger partial charge in [0.25, 0.3) is 0 Å². The van der Waals surface area contributed by atoms with Crippen molar-refractivity contribution in [2.24, 2.45) is 11.8 Å². The minimum absolute atomic E-state index is 0.0643. The van der Waals surface area contributed by atoms with E-state index < -0.39 is 17.9 Å². The van der Waals surface area contributed by atoms with Gasteiger partial charge in [0, 0.05) is 18.0 Å². The van der Waals surface area contributed by atoms with Crippen molar-refractivity contribution in [3.8, 4) is 0 Å². The van der Waals surface area contributed by atoms with Crippen LogP contribution >= 0.6 is 11.6 Å². The Balaban J connectivity index is 2.46. The van der Waals surface area contributed by atoms with Crippen LogP contribution in [0.3, 0.4) is 0 Å². The fourth-order valence-electron chi connectivity index (χ4n) is 2.98. The lowest BCUT2D eigenvalue weighted by atomic mass is 9.90. The van der Waals surface area contributed by atoms with Gasteiger partial charge in [0.15, 0.2) is 0 Å². The van der Waals surface area contributed by atoms with Crippen molar-refractivity contribution in [2.75, 3.05) is 6.54 Å². The van der Waals surface area contributed by atoms with Crippen molar-refractivity contribution in [3.63, 3.8) is 0 Å². The molecule has 1 N–H and O–H groups in total. The number of nitrogens with zero attached hydrogens (tertiary/aromatic N) is 1. The lowest BCUT2D eigenvalue weighted by molar-refractivity contribution is -0.142. The van der Waals surface area contributed by atoms with E-state index >= 15 is 0 Å². The first-order valence-electron chi connectivity index (χ1n) is 7.09. The SMILES string of the molecule is Cc1cc(Cl)ccc1C1C(C(=O)O)CC(=O)N1CC(C)C. The van der Waals surface area contributed by atoms with Gasteiger partial charge >= 0.3 is 5.97 Å². The number of rotatable bonds is 4. The second kappa shape index (κ2) is 6.06. The lowest BCUT2D eigenvalue weighted by Crippen LogP contribution is -2.33. The second-order valence-electron chi connectivity index (χ2n) is 6.03. The molecule has 2 unspecified atom stereocenters. The van der Waals surface area contributed by atoms with Crippen molar-refractivity contribution >= 4 is 23.5 Å². The van der Waals surface area contributed by atoms with E-state index in [1.54, 1.807) is 11.0 Å². The number of benzene rings is 1. The molecular weight excluding hydrogens is 290 g/mol. The summed E-state index contributed by atoms with van der Waals surface area (Å²) in [5, 5.41) is 10.1. The molecule has 114 valence electrons. The Bertz CT molecular complexity index is 571. The molecule has 1 aromatic rings. The Morgan fingerprint density at radius 1 is 1.48 bits per heavy atom. The molecule has 21 heavy (non-hydrogen) atoms. The van der Waals surface area contributed by atoms with Crippen molar-refractivity contribution < 1.29 is 14.7 Å². The largest absolute Gasteiger partial charge is 0.481 e. The van der Waals surface area contributed by atoms with Gasteiger partial charge in [-0.25, -0.2) is 0 Å². The quantitative estimate of drug-likeness (QED) is 0.928. The zero-order chi connectivity index (χ0) is 15.7. The number of hydrogen-bond acceptors (Lipinski definition) is 2. The molecule has 4 nitrogen and oxygen atoms in total. The van der Waals surface area contributed by atoms with Gasteiger partial charge in [-0.05, 0) is 36.1 Å². The van der Waals surface area contributed by atoms with Crippen molar-refractivity contribution in [3.05, 3.63) is 34.3 Å². The third-order valence-electron chi connectivity index (χ3n) is 3.86. The van der Waals surface area contributed by atoms with Gasteiger partial charge in [-0.1, -0.05) is 31.5 Å². The van der Waals surface area contributed by atoms with E-state index in [0.29, 0.717) is 11.6 Å². The van der Waals surface area contributed by atoms with E-state index in [4.69, 9.17) is 11.6 Å². The van der Waals surface area contributed by atoms with Crippen LogP contribution in [0.15, 0.2) is 18.2 Å². The van der Waals surface area contributed by atoms with E-state index in [2.05, 4.69) is 0 Å². The lowest BCUT2D eigenvalue weighted by Gasteiger charge is -2.30. The van der Waals surface area contributed by atoms with Crippen LogP contribution in [-0.2, 0) is 9.59 Å². The molecule has 2 rings (SSSR count). The molecule has 1 fully saturated rings. The monoisotopic (exact) mass is 309 g/mol. The summed E-state index contributed by atoms with van der Waals surface area (Å²) in [4.78, 5) is 25.5. The van der Waals surface area contributed by atoms with Crippen molar-refractivity contribution in [1.29, 1.82) is 0 Å².